The molecule has 22 heavy (non-hydrogen) atoms. The Bertz CT molecular complexity index is 616. The highest BCUT2D eigenvalue weighted by Gasteiger charge is 2.29. The molecule has 0 amide bonds. The minimum Gasteiger partial charge on any atom is -0.383 e. The van der Waals surface area contributed by atoms with E-state index in [-0.39, 0.29) is 6.10 Å². The Hall–Kier alpha value is -1.59. The summed E-state index contributed by atoms with van der Waals surface area (Å²) in [6.45, 7) is 4.59. The van der Waals surface area contributed by atoms with E-state index >= 15 is 0 Å². The Morgan fingerprint density at radius 1 is 1.41 bits per heavy atom. The zero-order valence-corrected chi connectivity index (χ0v) is 13.5. The van der Waals surface area contributed by atoms with Gasteiger partial charge in [0.05, 0.1) is 16.4 Å². The van der Waals surface area contributed by atoms with Crippen LogP contribution >= 0.6 is 11.6 Å². The van der Waals surface area contributed by atoms with Gasteiger partial charge in [0.25, 0.3) is 0 Å². The second-order valence-corrected chi connectivity index (χ2v) is 5.91. The summed E-state index contributed by atoms with van der Waals surface area (Å²) in [6, 6.07) is 3.96. The van der Waals surface area contributed by atoms with E-state index in [1.54, 1.807) is 12.4 Å². The number of hydrogen-bond acceptors (Lipinski definition) is 4. The van der Waals surface area contributed by atoms with E-state index in [0.717, 1.165) is 43.9 Å². The monoisotopic (exact) mass is 320 g/mol. The molecule has 6 heteroatoms. The van der Waals surface area contributed by atoms with Crippen LogP contribution in [0.15, 0.2) is 30.7 Å². The third kappa shape index (κ3) is 3.25. The maximum Gasteiger partial charge on any atom is 0.104 e. The van der Waals surface area contributed by atoms with Gasteiger partial charge in [0.1, 0.15) is 6.10 Å². The van der Waals surface area contributed by atoms with Crippen LogP contribution in [0.3, 0.4) is 0 Å². The predicted octanol–water partition coefficient (Wildman–Crippen LogP) is 3.53. The molecule has 1 fully saturated rings. The van der Waals surface area contributed by atoms with Crippen molar-refractivity contribution in [3.63, 3.8) is 0 Å². The van der Waals surface area contributed by atoms with Crippen molar-refractivity contribution in [1.29, 1.82) is 0 Å². The van der Waals surface area contributed by atoms with Crippen molar-refractivity contribution in [2.75, 3.05) is 18.5 Å². The van der Waals surface area contributed by atoms with E-state index in [0.29, 0.717) is 10.9 Å². The summed E-state index contributed by atoms with van der Waals surface area (Å²) in [5.74, 6) is 0.403. The topological polar surface area (TPSA) is 52.0 Å². The van der Waals surface area contributed by atoms with Gasteiger partial charge >= 0.3 is 0 Å². The molecule has 2 atom stereocenters. The van der Waals surface area contributed by atoms with Gasteiger partial charge in [0.15, 0.2) is 0 Å². The number of nitrogens with one attached hydrogen (secondary N) is 1. The van der Waals surface area contributed by atoms with Crippen LogP contribution in [-0.2, 0) is 11.3 Å². The number of rotatable bonds is 5. The molecule has 5 nitrogen and oxygen atoms in total. The maximum absolute atomic E-state index is 6.16. The number of pyridine rings is 1. The predicted molar refractivity (Wildman–Crippen MR) is 87.1 cm³/mol. The molecule has 0 radical (unpaired) electrons. The fourth-order valence-corrected chi connectivity index (χ4v) is 3.17. The Kier molecular flexibility index (Phi) is 4.95. The summed E-state index contributed by atoms with van der Waals surface area (Å²) in [6.07, 6.45) is 7.56. The first-order valence-corrected chi connectivity index (χ1v) is 8.14. The van der Waals surface area contributed by atoms with Crippen molar-refractivity contribution in [2.45, 2.75) is 32.4 Å². The van der Waals surface area contributed by atoms with Crippen LogP contribution in [-0.4, -0.2) is 27.9 Å². The summed E-state index contributed by atoms with van der Waals surface area (Å²) in [5, 5.41) is 8.44. The highest BCUT2D eigenvalue weighted by molar-refractivity contribution is 6.33. The largest absolute Gasteiger partial charge is 0.383 e. The first-order valence-electron chi connectivity index (χ1n) is 7.76. The molecule has 0 aromatic carbocycles. The third-order valence-corrected chi connectivity index (χ3v) is 4.41. The number of hydrogen-bond donors (Lipinski definition) is 1. The van der Waals surface area contributed by atoms with Gasteiger partial charge < -0.3 is 10.1 Å². The second-order valence-electron chi connectivity index (χ2n) is 5.50. The van der Waals surface area contributed by atoms with Gasteiger partial charge in [0, 0.05) is 44.2 Å². The summed E-state index contributed by atoms with van der Waals surface area (Å²) >= 11 is 6.16. The van der Waals surface area contributed by atoms with E-state index < -0.39 is 0 Å². The lowest BCUT2D eigenvalue weighted by molar-refractivity contribution is -0.0288. The molecule has 3 rings (SSSR count). The fraction of sp³-hybridized carbons (Fsp3) is 0.500. The van der Waals surface area contributed by atoms with E-state index in [4.69, 9.17) is 16.3 Å². The van der Waals surface area contributed by atoms with E-state index in [1.807, 2.05) is 16.9 Å². The van der Waals surface area contributed by atoms with Gasteiger partial charge in [-0.25, -0.2) is 0 Å². The number of halogens is 1. The minimum absolute atomic E-state index is 0.0873. The van der Waals surface area contributed by atoms with E-state index in [1.165, 1.54) is 0 Å². The second kappa shape index (κ2) is 7.11. The summed E-state index contributed by atoms with van der Waals surface area (Å²) < 4.78 is 8.07. The SMILES string of the molecule is CCn1nccc1[C@@H]1OCCC[C@H]1CNc1ccncc1Cl. The third-order valence-electron chi connectivity index (χ3n) is 4.11. The Morgan fingerprint density at radius 3 is 3.14 bits per heavy atom. The molecular formula is C16H21ClN4O. The van der Waals surface area contributed by atoms with Gasteiger partial charge in [-0.1, -0.05) is 11.6 Å². The van der Waals surface area contributed by atoms with Crippen LogP contribution in [0, 0.1) is 5.92 Å². The highest BCUT2D eigenvalue weighted by Crippen LogP contribution is 2.34. The molecule has 3 heterocycles. The quantitative estimate of drug-likeness (QED) is 0.915. The standard InChI is InChI=1S/C16H21ClN4O/c1-2-21-15(6-8-20-21)16-12(4-3-9-22-16)10-19-14-5-7-18-11-13(14)17/h5-8,11-12,16H,2-4,9-10H2,1H3,(H,18,19)/t12-,16+/m0/s1. The molecule has 0 bridgehead atoms. The van der Waals surface area contributed by atoms with Gasteiger partial charge in [0.2, 0.25) is 0 Å². The molecule has 0 spiro atoms. The van der Waals surface area contributed by atoms with Crippen LogP contribution in [0.4, 0.5) is 5.69 Å². The first kappa shape index (κ1) is 15.3. The zero-order valence-electron chi connectivity index (χ0n) is 12.7. The summed E-state index contributed by atoms with van der Waals surface area (Å²) in [4.78, 5) is 4.01. The molecule has 1 aliphatic heterocycles. The smallest absolute Gasteiger partial charge is 0.104 e. The number of ether oxygens (including phenoxy) is 1. The van der Waals surface area contributed by atoms with Crippen molar-refractivity contribution < 1.29 is 4.74 Å². The number of anilines is 1. The Balaban J connectivity index is 1.72. The van der Waals surface area contributed by atoms with Crippen LogP contribution in [0.25, 0.3) is 0 Å². The zero-order chi connectivity index (χ0) is 15.4. The van der Waals surface area contributed by atoms with Gasteiger partial charge in [-0.15, -0.1) is 0 Å². The van der Waals surface area contributed by atoms with Crippen LogP contribution in [0.5, 0.6) is 0 Å². The van der Waals surface area contributed by atoms with Crippen LogP contribution in [0.1, 0.15) is 31.6 Å². The fourth-order valence-electron chi connectivity index (χ4n) is 2.99. The van der Waals surface area contributed by atoms with Crippen molar-refractivity contribution in [2.24, 2.45) is 5.92 Å². The molecule has 0 saturated carbocycles. The van der Waals surface area contributed by atoms with Crippen LogP contribution in [0.2, 0.25) is 5.02 Å². The molecular weight excluding hydrogens is 300 g/mol. The van der Waals surface area contributed by atoms with E-state index in [2.05, 4.69) is 28.4 Å². The van der Waals surface area contributed by atoms with Crippen molar-refractivity contribution in [3.8, 4) is 0 Å². The first-order chi connectivity index (χ1) is 10.8. The van der Waals surface area contributed by atoms with Crippen molar-refractivity contribution in [3.05, 3.63) is 41.4 Å². The van der Waals surface area contributed by atoms with Crippen molar-refractivity contribution in [1.82, 2.24) is 14.8 Å². The lowest BCUT2D eigenvalue weighted by Gasteiger charge is -2.32. The normalized spacial score (nSPS) is 21.7. The Morgan fingerprint density at radius 2 is 2.32 bits per heavy atom. The maximum atomic E-state index is 6.16. The van der Waals surface area contributed by atoms with E-state index in [9.17, 15) is 0 Å². The average molecular weight is 321 g/mol. The van der Waals surface area contributed by atoms with Gasteiger partial charge in [-0.3, -0.25) is 9.67 Å². The Labute approximate surface area is 135 Å². The summed E-state index contributed by atoms with van der Waals surface area (Å²) in [5.41, 5.74) is 2.08. The van der Waals surface area contributed by atoms with Gasteiger partial charge in [-0.05, 0) is 31.9 Å². The number of aromatic nitrogens is 3. The molecule has 1 aliphatic rings. The molecule has 2 aromatic heterocycles. The average Bonchev–Trinajstić information content (AvgIpc) is 3.03. The molecule has 1 saturated heterocycles. The number of nitrogens with zero attached hydrogens (tertiary/aromatic N) is 3. The minimum atomic E-state index is 0.0873. The lowest BCUT2D eigenvalue weighted by atomic mass is 9.92. The number of aryl methyl sites for hydroxylation is 1. The van der Waals surface area contributed by atoms with Gasteiger partial charge in [-0.2, -0.15) is 5.10 Å². The van der Waals surface area contributed by atoms with Crippen LogP contribution < -0.4 is 5.32 Å². The molecule has 0 unspecified atom stereocenters. The van der Waals surface area contributed by atoms with Crippen molar-refractivity contribution >= 4 is 17.3 Å². The molecule has 1 N–H and O–H groups in total. The summed E-state index contributed by atoms with van der Waals surface area (Å²) in [7, 11) is 0. The molecule has 118 valence electrons. The molecule has 0 aliphatic carbocycles. The highest BCUT2D eigenvalue weighted by atomic mass is 35.5. The lowest BCUT2D eigenvalue weighted by Crippen LogP contribution is -2.30. The molecule has 2 aromatic rings.